The summed E-state index contributed by atoms with van der Waals surface area (Å²) in [4.78, 5) is 21.9. The Hall–Kier alpha value is -2.13. The summed E-state index contributed by atoms with van der Waals surface area (Å²) in [5, 5.41) is 18.0. The molecule has 0 atom stereocenters. The van der Waals surface area contributed by atoms with Gasteiger partial charge in [0.1, 0.15) is 0 Å². The van der Waals surface area contributed by atoms with Crippen molar-refractivity contribution < 1.29 is 33.0 Å². The second-order valence-corrected chi connectivity index (χ2v) is 11.6. The maximum Gasteiger partial charge on any atom is 0.416 e. The molecule has 0 aliphatic carbocycles. The summed E-state index contributed by atoms with van der Waals surface area (Å²) in [7, 11) is 0. The van der Waals surface area contributed by atoms with E-state index in [-0.39, 0.29) is 17.4 Å². The second kappa shape index (κ2) is 16.7. The van der Waals surface area contributed by atoms with Crippen LogP contribution in [0, 0.1) is 0 Å². The Morgan fingerprint density at radius 2 is 1.24 bits per heavy atom. The highest BCUT2D eigenvalue weighted by molar-refractivity contribution is 8.16. The van der Waals surface area contributed by atoms with E-state index in [0.29, 0.717) is 11.5 Å². The van der Waals surface area contributed by atoms with Gasteiger partial charge in [0.05, 0.1) is 23.0 Å². The molecule has 0 saturated carbocycles. The van der Waals surface area contributed by atoms with E-state index in [1.807, 2.05) is 12.1 Å². The number of hydrogen-bond acceptors (Lipinski definition) is 4. The maximum absolute atomic E-state index is 12.7. The maximum atomic E-state index is 12.7. The molecule has 2 aromatic rings. The van der Waals surface area contributed by atoms with E-state index in [9.17, 15) is 22.8 Å². The third-order valence-electron chi connectivity index (χ3n) is 5.92. The van der Waals surface area contributed by atoms with Crippen LogP contribution in [0.5, 0.6) is 0 Å². The van der Waals surface area contributed by atoms with Gasteiger partial charge in [0.15, 0.2) is 0 Å². The first-order chi connectivity index (χ1) is 17.7. The number of alkyl halides is 3. The Balaban J connectivity index is 1.74. The van der Waals surface area contributed by atoms with E-state index in [0.717, 1.165) is 74.6 Å². The molecule has 204 valence electrons. The smallest absolute Gasteiger partial charge is 0.416 e. The molecule has 0 radical (unpaired) electrons. The zero-order valence-corrected chi connectivity index (χ0v) is 22.5. The van der Waals surface area contributed by atoms with Gasteiger partial charge < -0.3 is 10.2 Å². The first-order valence-corrected chi connectivity index (χ1v) is 14.7. The average Bonchev–Trinajstić information content (AvgIpc) is 2.84. The molecule has 4 nitrogen and oxygen atoms in total. The summed E-state index contributed by atoms with van der Waals surface area (Å²) in [5.41, 5.74) is 2.69. The molecule has 0 aliphatic rings. The number of thioether (sulfide) groups is 2. The van der Waals surface area contributed by atoms with Crippen molar-refractivity contribution >= 4 is 35.5 Å². The topological polar surface area (TPSA) is 74.6 Å². The van der Waals surface area contributed by atoms with E-state index in [1.165, 1.54) is 5.56 Å². The molecule has 0 spiro atoms. The lowest BCUT2D eigenvalue weighted by Crippen LogP contribution is -2.04. The monoisotopic (exact) mass is 556 g/mol. The number of unbranched alkanes of at least 4 members (excludes halogenated alkanes) is 5. The summed E-state index contributed by atoms with van der Waals surface area (Å²) in [6.07, 6.45) is 3.84. The molecule has 2 rings (SSSR count). The first kappa shape index (κ1) is 31.1. The fourth-order valence-electron chi connectivity index (χ4n) is 3.94. The van der Waals surface area contributed by atoms with Gasteiger partial charge in [-0.15, -0.1) is 23.5 Å². The number of benzene rings is 2. The lowest BCUT2D eigenvalue weighted by molar-refractivity contribution is -0.138. The number of carboxylic acid groups (broad SMARTS) is 2. The first-order valence-electron chi connectivity index (χ1n) is 12.6. The quantitative estimate of drug-likeness (QED) is 0.142. The Labute approximate surface area is 225 Å². The molecule has 0 heterocycles. The minimum atomic E-state index is -4.29. The summed E-state index contributed by atoms with van der Waals surface area (Å²) < 4.78 is 38.0. The van der Waals surface area contributed by atoms with Crippen LogP contribution in [0.15, 0.2) is 48.5 Å². The van der Waals surface area contributed by atoms with Gasteiger partial charge in [-0.05, 0) is 54.5 Å². The van der Waals surface area contributed by atoms with Crippen LogP contribution in [0.1, 0.15) is 78.2 Å². The van der Waals surface area contributed by atoms with Crippen molar-refractivity contribution in [2.75, 3.05) is 11.5 Å². The third-order valence-corrected chi connectivity index (χ3v) is 8.73. The molecule has 0 bridgehead atoms. The zero-order chi connectivity index (χ0) is 27.1. The molecule has 0 aliphatic heterocycles. The van der Waals surface area contributed by atoms with Crippen molar-refractivity contribution in [2.45, 2.75) is 75.0 Å². The van der Waals surface area contributed by atoms with Crippen molar-refractivity contribution in [1.82, 2.24) is 0 Å². The van der Waals surface area contributed by atoms with Gasteiger partial charge in [0.2, 0.25) is 0 Å². The van der Waals surface area contributed by atoms with Crippen LogP contribution in [0.3, 0.4) is 0 Å². The Morgan fingerprint density at radius 1 is 0.730 bits per heavy atom. The van der Waals surface area contributed by atoms with Gasteiger partial charge in [-0.2, -0.15) is 13.2 Å². The average molecular weight is 557 g/mol. The highest BCUT2D eigenvalue weighted by Crippen LogP contribution is 2.42. The van der Waals surface area contributed by atoms with Crippen molar-refractivity contribution in [3.63, 3.8) is 0 Å². The van der Waals surface area contributed by atoms with Crippen LogP contribution in [0.2, 0.25) is 0 Å². The van der Waals surface area contributed by atoms with Crippen LogP contribution in [0.25, 0.3) is 0 Å². The van der Waals surface area contributed by atoms with Crippen molar-refractivity contribution in [3.8, 4) is 0 Å². The van der Waals surface area contributed by atoms with Gasteiger partial charge in [-0.25, -0.2) is 0 Å². The molecule has 0 saturated heterocycles. The molecular formula is C28H35F3O4S2. The highest BCUT2D eigenvalue weighted by Gasteiger charge is 2.29. The Kier molecular flexibility index (Phi) is 14.0. The molecular weight excluding hydrogens is 521 g/mol. The zero-order valence-electron chi connectivity index (χ0n) is 20.8. The van der Waals surface area contributed by atoms with Gasteiger partial charge in [0.25, 0.3) is 0 Å². The predicted molar refractivity (Wildman–Crippen MR) is 145 cm³/mol. The van der Waals surface area contributed by atoms with E-state index >= 15 is 0 Å². The molecule has 0 amide bonds. The van der Waals surface area contributed by atoms with Crippen LogP contribution in [-0.4, -0.2) is 33.7 Å². The number of hydrogen-bond donors (Lipinski definition) is 2. The largest absolute Gasteiger partial charge is 0.481 e. The fraction of sp³-hybridized carbons (Fsp3) is 0.500. The van der Waals surface area contributed by atoms with E-state index in [1.54, 1.807) is 35.7 Å². The predicted octanol–water partition coefficient (Wildman–Crippen LogP) is 8.25. The van der Waals surface area contributed by atoms with Crippen LogP contribution in [-0.2, 0) is 28.6 Å². The third kappa shape index (κ3) is 12.8. The number of halogens is 3. The SMILES string of the molecule is O=C(O)CCSC(SCCC(=O)O)c1ccccc1CCCCCCCCc1ccc(C(F)(F)F)cc1. The highest BCUT2D eigenvalue weighted by atomic mass is 32.2. The van der Waals surface area contributed by atoms with E-state index in [2.05, 4.69) is 12.1 Å². The lowest BCUT2D eigenvalue weighted by Gasteiger charge is -2.20. The molecule has 9 heteroatoms. The molecule has 0 aromatic heterocycles. The number of rotatable bonds is 18. The van der Waals surface area contributed by atoms with Gasteiger partial charge in [-0.3, -0.25) is 9.59 Å². The molecule has 0 fully saturated rings. The summed E-state index contributed by atoms with van der Waals surface area (Å²) in [5.74, 6) is -0.731. The van der Waals surface area contributed by atoms with E-state index in [4.69, 9.17) is 10.2 Å². The van der Waals surface area contributed by atoms with Crippen molar-refractivity contribution in [1.29, 1.82) is 0 Å². The molecule has 2 N–H and O–H groups in total. The van der Waals surface area contributed by atoms with Crippen LogP contribution < -0.4 is 0 Å². The van der Waals surface area contributed by atoms with Gasteiger partial charge >= 0.3 is 18.1 Å². The second-order valence-electron chi connectivity index (χ2n) is 8.88. The minimum absolute atomic E-state index is 0.0000904. The van der Waals surface area contributed by atoms with Crippen molar-refractivity contribution in [2.24, 2.45) is 0 Å². The van der Waals surface area contributed by atoms with Gasteiger partial charge in [0, 0.05) is 11.5 Å². The van der Waals surface area contributed by atoms with Gasteiger partial charge in [-0.1, -0.05) is 62.1 Å². The standard InChI is InChI=1S/C28H35F3O4S2/c29-28(30,31)23-15-13-21(14-16-23)9-5-3-1-2-4-6-10-22-11-7-8-12-24(22)27(36-19-17-25(32)33)37-20-18-26(34)35/h7-8,11-16,27H,1-6,9-10,17-20H2,(H,32,33)(H,34,35). The Bertz CT molecular complexity index is 945. The lowest BCUT2D eigenvalue weighted by atomic mass is 10.0. The summed E-state index contributed by atoms with van der Waals surface area (Å²) >= 11 is 3.11. The number of aliphatic carboxylic acids is 2. The molecule has 37 heavy (non-hydrogen) atoms. The summed E-state index contributed by atoms with van der Waals surface area (Å²) in [6, 6.07) is 13.5. The minimum Gasteiger partial charge on any atom is -0.481 e. The number of carbonyl (C=O) groups is 2. The normalized spacial score (nSPS) is 11.7. The van der Waals surface area contributed by atoms with Crippen molar-refractivity contribution in [3.05, 3.63) is 70.8 Å². The molecule has 0 unspecified atom stereocenters. The number of aryl methyl sites for hydroxylation is 2. The summed E-state index contributed by atoms with van der Waals surface area (Å²) in [6.45, 7) is 0. The fourth-order valence-corrected chi connectivity index (χ4v) is 6.73. The van der Waals surface area contributed by atoms with E-state index < -0.39 is 23.7 Å². The molecule has 2 aromatic carbocycles. The Morgan fingerprint density at radius 3 is 1.78 bits per heavy atom. The number of carboxylic acids is 2. The van der Waals surface area contributed by atoms with Crippen LogP contribution >= 0.6 is 23.5 Å². The van der Waals surface area contributed by atoms with Crippen LogP contribution in [0.4, 0.5) is 13.2 Å².